The summed E-state index contributed by atoms with van der Waals surface area (Å²) < 4.78 is 11.5. The second kappa shape index (κ2) is 6.94. The van der Waals surface area contributed by atoms with Gasteiger partial charge in [0.2, 0.25) is 0 Å². The zero-order valence-corrected chi connectivity index (χ0v) is 12.9. The summed E-state index contributed by atoms with van der Waals surface area (Å²) in [6.45, 7) is 7.98. The number of allylic oxidation sites excluding steroid dienone is 1. The van der Waals surface area contributed by atoms with Crippen LogP contribution in [-0.4, -0.2) is 18.8 Å². The van der Waals surface area contributed by atoms with Gasteiger partial charge in [0.25, 0.3) is 0 Å². The number of ether oxygens (including phenoxy) is 2. The highest BCUT2D eigenvalue weighted by atomic mass is 16.5. The highest BCUT2D eigenvalue weighted by Crippen LogP contribution is 2.35. The molecule has 1 aliphatic carbocycles. The van der Waals surface area contributed by atoms with Crippen molar-refractivity contribution in [3.8, 4) is 5.75 Å². The molecule has 0 radical (unpaired) electrons. The maximum atomic E-state index is 5.99. The summed E-state index contributed by atoms with van der Waals surface area (Å²) in [5.41, 5.74) is 2.78. The predicted molar refractivity (Wildman–Crippen MR) is 84.1 cm³/mol. The summed E-state index contributed by atoms with van der Waals surface area (Å²) >= 11 is 0. The molecule has 2 rings (SSSR count). The number of benzene rings is 1. The summed E-state index contributed by atoms with van der Waals surface area (Å²) in [5.74, 6) is 0.948. The molecule has 0 aliphatic heterocycles. The molecule has 0 N–H and O–H groups in total. The first-order valence-corrected chi connectivity index (χ1v) is 7.73. The Morgan fingerprint density at radius 3 is 2.45 bits per heavy atom. The zero-order valence-electron chi connectivity index (χ0n) is 12.9. The SMILES string of the molecule is CCCOC1(C)CC=C(c2ccc(OCC)cc2)CC1. The Kier molecular flexibility index (Phi) is 5.24. The third-order valence-corrected chi connectivity index (χ3v) is 3.89. The van der Waals surface area contributed by atoms with Gasteiger partial charge in [-0.25, -0.2) is 0 Å². The van der Waals surface area contributed by atoms with Gasteiger partial charge in [-0.15, -0.1) is 0 Å². The fourth-order valence-electron chi connectivity index (χ4n) is 2.62. The van der Waals surface area contributed by atoms with Gasteiger partial charge in [-0.3, -0.25) is 0 Å². The lowest BCUT2D eigenvalue weighted by molar-refractivity contribution is -0.0363. The van der Waals surface area contributed by atoms with Crippen molar-refractivity contribution in [2.45, 2.75) is 52.1 Å². The molecule has 2 heteroatoms. The van der Waals surface area contributed by atoms with Crippen molar-refractivity contribution < 1.29 is 9.47 Å². The van der Waals surface area contributed by atoms with Crippen LogP contribution in [0.3, 0.4) is 0 Å². The van der Waals surface area contributed by atoms with E-state index in [2.05, 4.69) is 44.2 Å². The molecule has 1 atom stereocenters. The first-order valence-electron chi connectivity index (χ1n) is 7.73. The smallest absolute Gasteiger partial charge is 0.119 e. The number of hydrogen-bond donors (Lipinski definition) is 0. The summed E-state index contributed by atoms with van der Waals surface area (Å²) in [7, 11) is 0. The Hall–Kier alpha value is -1.28. The summed E-state index contributed by atoms with van der Waals surface area (Å²) in [4.78, 5) is 0. The van der Waals surface area contributed by atoms with Crippen LogP contribution in [0, 0.1) is 0 Å². The van der Waals surface area contributed by atoms with Crippen molar-refractivity contribution in [3.05, 3.63) is 35.9 Å². The Bertz CT molecular complexity index is 447. The van der Waals surface area contributed by atoms with E-state index >= 15 is 0 Å². The third kappa shape index (κ3) is 3.86. The Morgan fingerprint density at radius 2 is 1.90 bits per heavy atom. The van der Waals surface area contributed by atoms with E-state index in [-0.39, 0.29) is 5.60 Å². The van der Waals surface area contributed by atoms with E-state index in [1.165, 1.54) is 11.1 Å². The lowest BCUT2D eigenvalue weighted by Gasteiger charge is -2.33. The maximum Gasteiger partial charge on any atom is 0.119 e. The summed E-state index contributed by atoms with van der Waals surface area (Å²) in [6.07, 6.45) is 6.63. The van der Waals surface area contributed by atoms with Gasteiger partial charge in [-0.1, -0.05) is 25.1 Å². The third-order valence-electron chi connectivity index (χ3n) is 3.89. The standard InChI is InChI=1S/C18H26O2/c1-4-14-20-18(3)12-10-16(11-13-18)15-6-8-17(9-7-15)19-5-2/h6-10H,4-5,11-14H2,1-3H3. The predicted octanol–water partition coefficient (Wildman–Crippen LogP) is 4.84. The molecule has 2 nitrogen and oxygen atoms in total. The molecule has 1 aromatic rings. The average Bonchev–Trinajstić information content (AvgIpc) is 2.47. The van der Waals surface area contributed by atoms with Gasteiger partial charge < -0.3 is 9.47 Å². The topological polar surface area (TPSA) is 18.5 Å². The van der Waals surface area contributed by atoms with Crippen molar-refractivity contribution in [3.63, 3.8) is 0 Å². The van der Waals surface area contributed by atoms with E-state index in [0.29, 0.717) is 0 Å². The second-order valence-electron chi connectivity index (χ2n) is 5.69. The molecule has 1 aliphatic rings. The molecular formula is C18H26O2. The van der Waals surface area contributed by atoms with Crippen LogP contribution in [0.25, 0.3) is 5.57 Å². The molecule has 0 bridgehead atoms. The van der Waals surface area contributed by atoms with E-state index in [1.54, 1.807) is 0 Å². The second-order valence-corrected chi connectivity index (χ2v) is 5.69. The Balaban J connectivity index is 2.00. The van der Waals surface area contributed by atoms with E-state index in [1.807, 2.05) is 6.92 Å². The van der Waals surface area contributed by atoms with Crippen LogP contribution < -0.4 is 4.74 Å². The van der Waals surface area contributed by atoms with Gasteiger partial charge in [0.05, 0.1) is 12.2 Å². The first-order chi connectivity index (χ1) is 9.67. The Morgan fingerprint density at radius 1 is 1.15 bits per heavy atom. The van der Waals surface area contributed by atoms with Crippen molar-refractivity contribution in [2.75, 3.05) is 13.2 Å². The number of hydrogen-bond acceptors (Lipinski definition) is 2. The van der Waals surface area contributed by atoms with Gasteiger partial charge in [0.15, 0.2) is 0 Å². The monoisotopic (exact) mass is 274 g/mol. The molecule has 20 heavy (non-hydrogen) atoms. The van der Waals surface area contributed by atoms with Gasteiger partial charge >= 0.3 is 0 Å². The van der Waals surface area contributed by atoms with Crippen molar-refractivity contribution >= 4 is 5.57 Å². The van der Waals surface area contributed by atoms with E-state index in [0.717, 1.165) is 44.6 Å². The van der Waals surface area contributed by atoms with Crippen LogP contribution in [0.5, 0.6) is 5.75 Å². The highest BCUT2D eigenvalue weighted by Gasteiger charge is 2.27. The average molecular weight is 274 g/mol. The molecule has 0 amide bonds. The van der Waals surface area contributed by atoms with Crippen LogP contribution in [0.4, 0.5) is 0 Å². The lowest BCUT2D eigenvalue weighted by atomic mass is 9.84. The molecule has 1 unspecified atom stereocenters. The molecule has 0 fully saturated rings. The minimum absolute atomic E-state index is 0.0325. The van der Waals surface area contributed by atoms with Gasteiger partial charge in [-0.05, 0) is 62.8 Å². The van der Waals surface area contributed by atoms with Gasteiger partial charge in [0.1, 0.15) is 5.75 Å². The van der Waals surface area contributed by atoms with E-state index in [9.17, 15) is 0 Å². The minimum Gasteiger partial charge on any atom is -0.494 e. The Labute approximate surface area is 122 Å². The van der Waals surface area contributed by atoms with Crippen LogP contribution in [0.15, 0.2) is 30.3 Å². The molecule has 0 heterocycles. The molecular weight excluding hydrogens is 248 g/mol. The fourth-order valence-corrected chi connectivity index (χ4v) is 2.62. The van der Waals surface area contributed by atoms with Crippen LogP contribution in [0.2, 0.25) is 0 Å². The molecule has 110 valence electrons. The zero-order chi connectivity index (χ0) is 14.4. The van der Waals surface area contributed by atoms with E-state index < -0.39 is 0 Å². The molecule has 0 aromatic heterocycles. The quantitative estimate of drug-likeness (QED) is 0.739. The lowest BCUT2D eigenvalue weighted by Crippen LogP contribution is -2.30. The van der Waals surface area contributed by atoms with Gasteiger partial charge in [-0.2, -0.15) is 0 Å². The van der Waals surface area contributed by atoms with Crippen molar-refractivity contribution in [2.24, 2.45) is 0 Å². The first kappa shape index (κ1) is 15.1. The molecule has 0 saturated carbocycles. The van der Waals surface area contributed by atoms with Crippen molar-refractivity contribution in [1.82, 2.24) is 0 Å². The highest BCUT2D eigenvalue weighted by molar-refractivity contribution is 5.67. The van der Waals surface area contributed by atoms with Crippen LogP contribution in [0.1, 0.15) is 52.0 Å². The van der Waals surface area contributed by atoms with E-state index in [4.69, 9.17) is 9.47 Å². The molecule has 0 saturated heterocycles. The van der Waals surface area contributed by atoms with Crippen LogP contribution >= 0.6 is 0 Å². The maximum absolute atomic E-state index is 5.99. The van der Waals surface area contributed by atoms with Gasteiger partial charge in [0, 0.05) is 6.61 Å². The fraction of sp³-hybridized carbons (Fsp3) is 0.556. The largest absolute Gasteiger partial charge is 0.494 e. The molecule has 0 spiro atoms. The summed E-state index contributed by atoms with van der Waals surface area (Å²) in [5, 5.41) is 0. The van der Waals surface area contributed by atoms with Crippen LogP contribution in [-0.2, 0) is 4.74 Å². The normalized spacial score (nSPS) is 22.4. The number of rotatable bonds is 6. The minimum atomic E-state index is 0.0325. The molecule has 1 aromatic carbocycles. The summed E-state index contributed by atoms with van der Waals surface area (Å²) in [6, 6.07) is 8.43. The van der Waals surface area contributed by atoms with Crippen molar-refractivity contribution in [1.29, 1.82) is 0 Å².